The van der Waals surface area contributed by atoms with Crippen molar-refractivity contribution in [1.29, 1.82) is 0 Å². The van der Waals surface area contributed by atoms with Gasteiger partial charge < -0.3 is 5.32 Å². The molecule has 0 bridgehead atoms. The van der Waals surface area contributed by atoms with Crippen LogP contribution >= 0.6 is 11.6 Å². The van der Waals surface area contributed by atoms with Crippen molar-refractivity contribution < 1.29 is 0 Å². The van der Waals surface area contributed by atoms with Crippen molar-refractivity contribution in [3.05, 3.63) is 58.6 Å². The maximum Gasteiger partial charge on any atom is 0.0441 e. The highest BCUT2D eigenvalue weighted by Crippen LogP contribution is 2.27. The molecule has 100 valence electrons. The third kappa shape index (κ3) is 3.59. The van der Waals surface area contributed by atoms with Gasteiger partial charge in [0.15, 0.2) is 0 Å². The largest absolute Gasteiger partial charge is 0.313 e. The van der Waals surface area contributed by atoms with Crippen molar-refractivity contribution in [2.24, 2.45) is 0 Å². The summed E-state index contributed by atoms with van der Waals surface area (Å²) in [5.41, 5.74) is 4.88. The number of nitrogens with one attached hydrogen (secondary N) is 1. The number of aryl methyl sites for hydroxylation is 1. The van der Waals surface area contributed by atoms with E-state index in [9.17, 15) is 0 Å². The standard InChI is InChI=1S/C17H20ClN/c1-3-10-19-12-15-6-4-5-7-16(15)14-9-8-13(2)17(18)11-14/h4-9,11,19H,3,10,12H2,1-2H3. The lowest BCUT2D eigenvalue weighted by Gasteiger charge is -2.11. The van der Waals surface area contributed by atoms with Crippen molar-refractivity contribution in [2.45, 2.75) is 26.8 Å². The lowest BCUT2D eigenvalue weighted by atomic mass is 9.99. The van der Waals surface area contributed by atoms with E-state index in [1.165, 1.54) is 16.7 Å². The highest BCUT2D eigenvalue weighted by Gasteiger charge is 2.05. The fourth-order valence-electron chi connectivity index (χ4n) is 2.12. The van der Waals surface area contributed by atoms with E-state index < -0.39 is 0 Å². The van der Waals surface area contributed by atoms with Gasteiger partial charge in [-0.15, -0.1) is 0 Å². The average Bonchev–Trinajstić information content (AvgIpc) is 2.43. The number of hydrogen-bond acceptors (Lipinski definition) is 1. The van der Waals surface area contributed by atoms with Crippen molar-refractivity contribution in [1.82, 2.24) is 5.32 Å². The average molecular weight is 274 g/mol. The van der Waals surface area contributed by atoms with E-state index in [4.69, 9.17) is 11.6 Å². The van der Waals surface area contributed by atoms with Gasteiger partial charge in [0.2, 0.25) is 0 Å². The van der Waals surface area contributed by atoms with Gasteiger partial charge in [-0.1, -0.05) is 54.9 Å². The van der Waals surface area contributed by atoms with Crippen molar-refractivity contribution in [2.75, 3.05) is 6.54 Å². The highest BCUT2D eigenvalue weighted by molar-refractivity contribution is 6.31. The van der Waals surface area contributed by atoms with Crippen LogP contribution in [0.3, 0.4) is 0 Å². The summed E-state index contributed by atoms with van der Waals surface area (Å²) in [6, 6.07) is 14.8. The van der Waals surface area contributed by atoms with E-state index in [1.54, 1.807) is 0 Å². The normalized spacial score (nSPS) is 10.7. The predicted molar refractivity (Wildman–Crippen MR) is 83.6 cm³/mol. The Bertz CT molecular complexity index is 549. The Labute approximate surface area is 120 Å². The summed E-state index contributed by atoms with van der Waals surface area (Å²) in [5.74, 6) is 0. The first-order chi connectivity index (χ1) is 9.22. The molecule has 0 heterocycles. The lowest BCUT2D eigenvalue weighted by molar-refractivity contribution is 0.676. The molecule has 2 rings (SSSR count). The van der Waals surface area contributed by atoms with Gasteiger partial charge in [-0.3, -0.25) is 0 Å². The van der Waals surface area contributed by atoms with Crippen LogP contribution in [0, 0.1) is 6.92 Å². The van der Waals surface area contributed by atoms with E-state index in [0.29, 0.717) is 0 Å². The molecule has 2 aromatic carbocycles. The minimum Gasteiger partial charge on any atom is -0.313 e. The maximum absolute atomic E-state index is 6.23. The van der Waals surface area contributed by atoms with Gasteiger partial charge in [0.25, 0.3) is 0 Å². The van der Waals surface area contributed by atoms with Crippen LogP contribution in [0.15, 0.2) is 42.5 Å². The zero-order valence-electron chi connectivity index (χ0n) is 11.5. The zero-order valence-corrected chi connectivity index (χ0v) is 12.3. The van der Waals surface area contributed by atoms with Crippen LogP contribution in [0.1, 0.15) is 24.5 Å². The zero-order chi connectivity index (χ0) is 13.7. The van der Waals surface area contributed by atoms with Crippen molar-refractivity contribution in [3.63, 3.8) is 0 Å². The van der Waals surface area contributed by atoms with Crippen LogP contribution in [0.5, 0.6) is 0 Å². The summed E-state index contributed by atoms with van der Waals surface area (Å²) in [4.78, 5) is 0. The highest BCUT2D eigenvalue weighted by atomic mass is 35.5. The van der Waals surface area contributed by atoms with Crippen LogP contribution in [0.4, 0.5) is 0 Å². The van der Waals surface area contributed by atoms with Crippen LogP contribution in [-0.4, -0.2) is 6.54 Å². The molecule has 0 amide bonds. The maximum atomic E-state index is 6.23. The molecule has 0 aliphatic heterocycles. The molecule has 2 heteroatoms. The first-order valence-corrected chi connectivity index (χ1v) is 7.15. The lowest BCUT2D eigenvalue weighted by Crippen LogP contribution is -2.14. The molecule has 0 saturated heterocycles. The van der Waals surface area contributed by atoms with E-state index >= 15 is 0 Å². The molecule has 1 N–H and O–H groups in total. The van der Waals surface area contributed by atoms with Gasteiger partial charge in [-0.25, -0.2) is 0 Å². The molecule has 19 heavy (non-hydrogen) atoms. The summed E-state index contributed by atoms with van der Waals surface area (Å²) >= 11 is 6.23. The molecule has 0 atom stereocenters. The molecular weight excluding hydrogens is 254 g/mol. The van der Waals surface area contributed by atoms with E-state index in [1.807, 2.05) is 6.92 Å². The third-order valence-electron chi connectivity index (χ3n) is 3.24. The summed E-state index contributed by atoms with van der Waals surface area (Å²) in [6.45, 7) is 6.15. The minimum absolute atomic E-state index is 0.828. The molecular formula is C17H20ClN. The molecule has 0 saturated carbocycles. The van der Waals surface area contributed by atoms with Crippen LogP contribution < -0.4 is 5.32 Å². The predicted octanol–water partition coefficient (Wildman–Crippen LogP) is 4.82. The fourth-order valence-corrected chi connectivity index (χ4v) is 2.30. The number of hydrogen-bond donors (Lipinski definition) is 1. The van der Waals surface area contributed by atoms with E-state index in [2.05, 4.69) is 54.7 Å². The van der Waals surface area contributed by atoms with Crippen molar-refractivity contribution in [3.8, 4) is 11.1 Å². The smallest absolute Gasteiger partial charge is 0.0441 e. The molecule has 2 aromatic rings. The molecule has 0 spiro atoms. The van der Waals surface area contributed by atoms with Gasteiger partial charge in [0.1, 0.15) is 0 Å². The monoisotopic (exact) mass is 273 g/mol. The number of benzene rings is 2. The van der Waals surface area contributed by atoms with Crippen molar-refractivity contribution >= 4 is 11.6 Å². The summed E-state index contributed by atoms with van der Waals surface area (Å²) in [5, 5.41) is 4.28. The van der Waals surface area contributed by atoms with Gasteiger partial charge in [0.05, 0.1) is 0 Å². The molecule has 0 radical (unpaired) electrons. The second kappa shape index (κ2) is 6.74. The fraction of sp³-hybridized carbons (Fsp3) is 0.294. The van der Waals surface area contributed by atoms with Gasteiger partial charge >= 0.3 is 0 Å². The quantitative estimate of drug-likeness (QED) is 0.771. The van der Waals surface area contributed by atoms with Crippen LogP contribution in [-0.2, 0) is 6.54 Å². The van der Waals surface area contributed by atoms with Gasteiger partial charge in [0, 0.05) is 11.6 Å². The van der Waals surface area contributed by atoms with Gasteiger partial charge in [-0.2, -0.15) is 0 Å². The Morgan fingerprint density at radius 1 is 1.11 bits per heavy atom. The topological polar surface area (TPSA) is 12.0 Å². The third-order valence-corrected chi connectivity index (χ3v) is 3.65. The first-order valence-electron chi connectivity index (χ1n) is 6.77. The van der Waals surface area contributed by atoms with E-state index in [-0.39, 0.29) is 0 Å². The minimum atomic E-state index is 0.828. The first kappa shape index (κ1) is 14.1. The van der Waals surface area contributed by atoms with Crippen LogP contribution in [0.25, 0.3) is 11.1 Å². The molecule has 0 aliphatic rings. The molecule has 0 aromatic heterocycles. The molecule has 0 unspecified atom stereocenters. The second-order valence-corrected chi connectivity index (χ2v) is 5.21. The van der Waals surface area contributed by atoms with Crippen LogP contribution in [0.2, 0.25) is 5.02 Å². The number of rotatable bonds is 5. The Morgan fingerprint density at radius 2 is 1.89 bits per heavy atom. The Hall–Kier alpha value is -1.31. The summed E-state index contributed by atoms with van der Waals surface area (Å²) in [7, 11) is 0. The Balaban J connectivity index is 2.30. The van der Waals surface area contributed by atoms with Gasteiger partial charge in [-0.05, 0) is 48.2 Å². The summed E-state index contributed by atoms with van der Waals surface area (Å²) in [6.07, 6.45) is 1.15. The second-order valence-electron chi connectivity index (χ2n) is 4.80. The number of halogens is 1. The van der Waals surface area contributed by atoms with E-state index in [0.717, 1.165) is 30.1 Å². The molecule has 1 nitrogen and oxygen atoms in total. The molecule has 0 aliphatic carbocycles. The Morgan fingerprint density at radius 3 is 2.63 bits per heavy atom. The molecule has 0 fully saturated rings. The SMILES string of the molecule is CCCNCc1ccccc1-c1ccc(C)c(Cl)c1. The summed E-state index contributed by atoms with van der Waals surface area (Å²) < 4.78 is 0. The Kier molecular flexibility index (Phi) is 5.00.